The molecule has 1 saturated heterocycles. The van der Waals surface area contributed by atoms with Crippen LogP contribution in [0.5, 0.6) is 5.75 Å². The van der Waals surface area contributed by atoms with E-state index in [-0.39, 0.29) is 35.0 Å². The predicted molar refractivity (Wildman–Crippen MR) is 111 cm³/mol. The summed E-state index contributed by atoms with van der Waals surface area (Å²) in [4.78, 5) is 38.6. The van der Waals surface area contributed by atoms with Crippen LogP contribution >= 0.6 is 0 Å². The molecule has 1 fully saturated rings. The highest BCUT2D eigenvalue weighted by Crippen LogP contribution is 2.61. The van der Waals surface area contributed by atoms with E-state index >= 15 is 0 Å². The molecular formula is C24H16N2O5. The summed E-state index contributed by atoms with van der Waals surface area (Å²) in [5.74, 6) is -2.85. The number of phenolic OH excluding ortho intramolecular Hbond substituents is 1. The van der Waals surface area contributed by atoms with Crippen LogP contribution in [0.2, 0.25) is 0 Å². The number of imide groups is 1. The lowest BCUT2D eigenvalue weighted by molar-refractivity contribution is -0.384. The number of carbonyl (C=O) groups excluding carboxylic acids is 2. The summed E-state index contributed by atoms with van der Waals surface area (Å²) in [6.45, 7) is 0. The number of nitrogens with zero attached hydrogens (tertiary/aromatic N) is 2. The number of hydrogen-bond donors (Lipinski definition) is 1. The summed E-state index contributed by atoms with van der Waals surface area (Å²) in [6.07, 6.45) is 0. The summed E-state index contributed by atoms with van der Waals surface area (Å²) >= 11 is 0. The Morgan fingerprint density at radius 1 is 0.774 bits per heavy atom. The highest BCUT2D eigenvalue weighted by molar-refractivity contribution is 6.24. The fraction of sp³-hybridized carbons (Fsp3) is 0.167. The van der Waals surface area contributed by atoms with E-state index in [0.717, 1.165) is 33.2 Å². The number of amides is 2. The smallest absolute Gasteiger partial charge is 0.273 e. The first kappa shape index (κ1) is 17.8. The van der Waals surface area contributed by atoms with Gasteiger partial charge in [-0.3, -0.25) is 19.7 Å². The van der Waals surface area contributed by atoms with Crippen LogP contribution in [0.15, 0.2) is 66.7 Å². The highest BCUT2D eigenvalue weighted by Gasteiger charge is 2.62. The third kappa shape index (κ3) is 2.17. The van der Waals surface area contributed by atoms with E-state index in [1.165, 1.54) is 12.1 Å². The van der Waals surface area contributed by atoms with Crippen LogP contribution in [-0.4, -0.2) is 21.8 Å². The number of hydrogen-bond acceptors (Lipinski definition) is 5. The second-order valence-electron chi connectivity index (χ2n) is 8.21. The third-order valence-electron chi connectivity index (χ3n) is 6.86. The number of carbonyl (C=O) groups is 2. The Morgan fingerprint density at radius 3 is 1.61 bits per heavy atom. The van der Waals surface area contributed by atoms with Gasteiger partial charge in [0.15, 0.2) is 0 Å². The number of non-ortho nitro benzene ring substituents is 1. The average molecular weight is 412 g/mol. The van der Waals surface area contributed by atoms with Crippen LogP contribution in [0.3, 0.4) is 0 Å². The Bertz CT molecular complexity index is 1200. The molecule has 7 heteroatoms. The molecule has 1 aliphatic heterocycles. The first-order chi connectivity index (χ1) is 15.0. The van der Waals surface area contributed by atoms with Crippen LogP contribution in [-0.2, 0) is 9.59 Å². The highest BCUT2D eigenvalue weighted by atomic mass is 16.6. The molecule has 31 heavy (non-hydrogen) atoms. The first-order valence-corrected chi connectivity index (χ1v) is 10.0. The standard InChI is InChI=1S/C24H16N2O5/c27-18-11-12(26(30)31)9-10-17(18)25-23(28)21-19-13-5-1-2-6-14(13)20(22(21)24(25)29)16-8-4-3-7-15(16)19/h1-11,19-22,27H/t19?,20?,21-,22+. The number of nitro benzene ring substituents is 1. The van der Waals surface area contributed by atoms with Crippen molar-refractivity contribution in [2.75, 3.05) is 4.90 Å². The van der Waals surface area contributed by atoms with Gasteiger partial charge in [0.1, 0.15) is 5.75 Å². The van der Waals surface area contributed by atoms with Crippen LogP contribution in [0.4, 0.5) is 11.4 Å². The fourth-order valence-corrected chi connectivity index (χ4v) is 5.73. The lowest BCUT2D eigenvalue weighted by Crippen LogP contribution is -2.41. The largest absolute Gasteiger partial charge is 0.505 e. The minimum Gasteiger partial charge on any atom is -0.505 e. The van der Waals surface area contributed by atoms with Gasteiger partial charge in [0.25, 0.3) is 5.69 Å². The monoisotopic (exact) mass is 412 g/mol. The molecule has 2 amide bonds. The summed E-state index contributed by atoms with van der Waals surface area (Å²) in [6, 6.07) is 19.3. The van der Waals surface area contributed by atoms with Crippen molar-refractivity contribution in [2.45, 2.75) is 11.8 Å². The van der Waals surface area contributed by atoms with Gasteiger partial charge in [-0.15, -0.1) is 0 Å². The predicted octanol–water partition coefficient (Wildman–Crippen LogP) is 3.70. The third-order valence-corrected chi connectivity index (χ3v) is 6.86. The molecule has 0 aromatic heterocycles. The molecule has 2 bridgehead atoms. The zero-order valence-corrected chi connectivity index (χ0v) is 16.1. The van der Waals surface area contributed by atoms with Crippen LogP contribution in [0.25, 0.3) is 0 Å². The molecule has 0 unspecified atom stereocenters. The van der Waals surface area contributed by atoms with Crippen molar-refractivity contribution in [3.05, 3.63) is 99.1 Å². The molecule has 7 rings (SSSR count). The lowest BCUT2D eigenvalue weighted by atomic mass is 9.55. The molecule has 3 aromatic rings. The van der Waals surface area contributed by atoms with Gasteiger partial charge in [0, 0.05) is 17.9 Å². The van der Waals surface area contributed by atoms with E-state index < -0.39 is 22.5 Å². The van der Waals surface area contributed by atoms with Crippen molar-refractivity contribution in [1.82, 2.24) is 0 Å². The van der Waals surface area contributed by atoms with Crippen molar-refractivity contribution >= 4 is 23.2 Å². The van der Waals surface area contributed by atoms with Gasteiger partial charge >= 0.3 is 0 Å². The van der Waals surface area contributed by atoms with Gasteiger partial charge in [-0.1, -0.05) is 48.5 Å². The molecule has 1 heterocycles. The Labute approximate surface area is 176 Å². The van der Waals surface area contributed by atoms with Crippen LogP contribution in [0.1, 0.15) is 34.1 Å². The molecule has 4 aliphatic rings. The molecule has 0 spiro atoms. The molecule has 152 valence electrons. The second-order valence-corrected chi connectivity index (χ2v) is 8.21. The van der Waals surface area contributed by atoms with E-state index in [9.17, 15) is 24.8 Å². The Kier molecular flexibility index (Phi) is 3.46. The normalized spacial score (nSPS) is 25.2. The summed E-state index contributed by atoms with van der Waals surface area (Å²) < 4.78 is 0. The Morgan fingerprint density at radius 2 is 1.23 bits per heavy atom. The van der Waals surface area contributed by atoms with E-state index in [2.05, 4.69) is 0 Å². The SMILES string of the molecule is O=C1[C@@H]2C3c4ccccc4C(c4ccccc43)[C@@H]2C(=O)N1c1ccc([N+](=O)[O-])cc1O. The van der Waals surface area contributed by atoms with E-state index in [4.69, 9.17) is 0 Å². The van der Waals surface area contributed by atoms with Crippen molar-refractivity contribution < 1.29 is 19.6 Å². The molecule has 0 saturated carbocycles. The zero-order chi connectivity index (χ0) is 21.4. The summed E-state index contributed by atoms with van der Waals surface area (Å²) in [5, 5.41) is 21.4. The van der Waals surface area contributed by atoms with Crippen molar-refractivity contribution in [3.8, 4) is 5.75 Å². The maximum absolute atomic E-state index is 13.6. The lowest BCUT2D eigenvalue weighted by Gasteiger charge is -2.45. The molecular weight excluding hydrogens is 396 g/mol. The summed E-state index contributed by atoms with van der Waals surface area (Å²) in [7, 11) is 0. The van der Waals surface area contributed by atoms with E-state index in [1.54, 1.807) is 0 Å². The quantitative estimate of drug-likeness (QED) is 0.393. The molecule has 3 aromatic carbocycles. The minimum atomic E-state index is -0.635. The number of rotatable bonds is 2. The van der Waals surface area contributed by atoms with Crippen LogP contribution < -0.4 is 4.90 Å². The van der Waals surface area contributed by atoms with E-state index in [0.29, 0.717) is 0 Å². The molecule has 1 N–H and O–H groups in total. The number of benzene rings is 3. The maximum Gasteiger partial charge on any atom is 0.273 e. The number of nitro groups is 1. The van der Waals surface area contributed by atoms with E-state index in [1.807, 2.05) is 48.5 Å². The average Bonchev–Trinajstić information content (AvgIpc) is 3.04. The molecule has 0 radical (unpaired) electrons. The number of phenols is 1. The Balaban J connectivity index is 1.53. The topological polar surface area (TPSA) is 101 Å². The fourth-order valence-electron chi connectivity index (χ4n) is 5.73. The number of aromatic hydroxyl groups is 1. The van der Waals surface area contributed by atoms with Gasteiger partial charge < -0.3 is 5.11 Å². The van der Waals surface area contributed by atoms with Gasteiger partial charge in [0.2, 0.25) is 11.8 Å². The number of anilines is 1. The molecule has 2 atom stereocenters. The first-order valence-electron chi connectivity index (χ1n) is 10.0. The molecule has 7 nitrogen and oxygen atoms in total. The minimum absolute atomic E-state index is 0.0116. The second kappa shape index (κ2) is 6.01. The van der Waals surface area contributed by atoms with Crippen molar-refractivity contribution in [1.29, 1.82) is 0 Å². The maximum atomic E-state index is 13.6. The van der Waals surface area contributed by atoms with Crippen molar-refractivity contribution in [3.63, 3.8) is 0 Å². The van der Waals surface area contributed by atoms with Gasteiger partial charge in [-0.2, -0.15) is 0 Å². The zero-order valence-electron chi connectivity index (χ0n) is 16.1. The van der Waals surface area contributed by atoms with Crippen LogP contribution in [0, 0.1) is 22.0 Å². The summed E-state index contributed by atoms with van der Waals surface area (Å²) in [5.41, 5.74) is 3.92. The Hall–Kier alpha value is -4.00. The van der Waals surface area contributed by atoms with Gasteiger partial charge in [0.05, 0.1) is 28.5 Å². The molecule has 3 aliphatic carbocycles. The van der Waals surface area contributed by atoms with Crippen molar-refractivity contribution in [2.24, 2.45) is 11.8 Å². The van der Waals surface area contributed by atoms with Gasteiger partial charge in [-0.05, 0) is 28.3 Å². The van der Waals surface area contributed by atoms with Gasteiger partial charge in [-0.25, -0.2) is 4.90 Å².